The molecule has 0 bridgehead atoms. The highest BCUT2D eigenvalue weighted by atomic mass is 19.1. The summed E-state index contributed by atoms with van der Waals surface area (Å²) in [6.45, 7) is 8.49. The molecule has 1 saturated heterocycles. The van der Waals surface area contributed by atoms with Crippen LogP contribution in [0.15, 0.2) is 48.5 Å². The molecule has 6 heteroatoms. The summed E-state index contributed by atoms with van der Waals surface area (Å²) < 4.78 is 13.2. The minimum Gasteiger partial charge on any atom is -0.368 e. The first-order valence-corrected chi connectivity index (χ1v) is 10.5. The molecule has 0 radical (unpaired) electrons. The van der Waals surface area contributed by atoms with Crippen molar-refractivity contribution in [3.05, 3.63) is 65.5 Å². The zero-order chi connectivity index (χ0) is 21.7. The zero-order valence-electron chi connectivity index (χ0n) is 17.9. The summed E-state index contributed by atoms with van der Waals surface area (Å²) in [5.74, 6) is -0.230. The molecule has 160 valence electrons. The van der Waals surface area contributed by atoms with Crippen LogP contribution >= 0.6 is 0 Å². The van der Waals surface area contributed by atoms with Gasteiger partial charge in [0.15, 0.2) is 0 Å². The lowest BCUT2D eigenvalue weighted by Gasteiger charge is -2.38. The molecule has 0 saturated carbocycles. The van der Waals surface area contributed by atoms with Crippen molar-refractivity contribution >= 4 is 17.5 Å². The Morgan fingerprint density at radius 3 is 2.23 bits per heavy atom. The Morgan fingerprint density at radius 2 is 1.63 bits per heavy atom. The lowest BCUT2D eigenvalue weighted by molar-refractivity contribution is -0.134. The summed E-state index contributed by atoms with van der Waals surface area (Å²) in [5.41, 5.74) is 2.44. The Morgan fingerprint density at radius 1 is 1.00 bits per heavy atom. The standard InChI is InChI=1S/C24H30FN3O2/c1-17(2)16-22(26-23(29)21-7-5-4-6-18(21)3)24(30)28-14-12-27(13-15-28)20-10-8-19(25)9-11-20/h4-11,17,22H,12-16H2,1-3H3,(H,26,29)/t22-/m1/s1. The smallest absolute Gasteiger partial charge is 0.252 e. The van der Waals surface area contributed by atoms with Crippen LogP contribution in [0, 0.1) is 18.7 Å². The molecule has 2 aromatic carbocycles. The van der Waals surface area contributed by atoms with Gasteiger partial charge in [-0.15, -0.1) is 0 Å². The molecule has 3 rings (SSSR count). The summed E-state index contributed by atoms with van der Waals surface area (Å²) in [5, 5.41) is 2.97. The van der Waals surface area contributed by atoms with Crippen molar-refractivity contribution in [2.24, 2.45) is 5.92 Å². The van der Waals surface area contributed by atoms with E-state index >= 15 is 0 Å². The van der Waals surface area contributed by atoms with E-state index in [2.05, 4.69) is 10.2 Å². The molecule has 0 spiro atoms. The molecular weight excluding hydrogens is 381 g/mol. The van der Waals surface area contributed by atoms with Crippen LogP contribution in [0.5, 0.6) is 0 Å². The van der Waals surface area contributed by atoms with Gasteiger partial charge in [-0.1, -0.05) is 32.0 Å². The number of aryl methyl sites for hydroxylation is 1. The third-order valence-electron chi connectivity index (χ3n) is 5.48. The lowest BCUT2D eigenvalue weighted by atomic mass is 10.0. The number of anilines is 1. The molecule has 2 aromatic rings. The molecule has 2 amide bonds. The molecule has 1 heterocycles. The van der Waals surface area contributed by atoms with Gasteiger partial charge in [0.1, 0.15) is 11.9 Å². The van der Waals surface area contributed by atoms with Crippen LogP contribution in [-0.2, 0) is 4.79 Å². The van der Waals surface area contributed by atoms with Crippen LogP contribution < -0.4 is 10.2 Å². The fourth-order valence-electron chi connectivity index (χ4n) is 3.81. The number of rotatable bonds is 6. The van der Waals surface area contributed by atoms with E-state index in [1.165, 1.54) is 12.1 Å². The Labute approximate surface area is 177 Å². The Hall–Kier alpha value is -2.89. The van der Waals surface area contributed by atoms with Gasteiger partial charge >= 0.3 is 0 Å². The number of carbonyl (C=O) groups excluding carboxylic acids is 2. The largest absolute Gasteiger partial charge is 0.368 e. The SMILES string of the molecule is Cc1ccccc1C(=O)N[C@H](CC(C)C)C(=O)N1CCN(c2ccc(F)cc2)CC1. The second kappa shape index (κ2) is 9.74. The Bertz CT molecular complexity index is 874. The minimum absolute atomic E-state index is 0.0376. The van der Waals surface area contributed by atoms with Crippen LogP contribution in [0.4, 0.5) is 10.1 Å². The fraction of sp³-hybridized carbons (Fsp3) is 0.417. The van der Waals surface area contributed by atoms with Crippen molar-refractivity contribution in [3.8, 4) is 0 Å². The number of hydrogen-bond acceptors (Lipinski definition) is 3. The van der Waals surface area contributed by atoms with Crippen LogP contribution in [0.1, 0.15) is 36.2 Å². The van der Waals surface area contributed by atoms with E-state index in [0.29, 0.717) is 38.2 Å². The van der Waals surface area contributed by atoms with E-state index in [1.807, 2.05) is 43.9 Å². The highest BCUT2D eigenvalue weighted by Crippen LogP contribution is 2.18. The Balaban J connectivity index is 1.64. The van der Waals surface area contributed by atoms with Crippen molar-refractivity contribution in [2.45, 2.75) is 33.2 Å². The number of benzene rings is 2. The van der Waals surface area contributed by atoms with Crippen LogP contribution in [-0.4, -0.2) is 48.9 Å². The maximum atomic E-state index is 13.2. The molecule has 0 aliphatic carbocycles. The van der Waals surface area contributed by atoms with Gasteiger partial charge < -0.3 is 15.1 Å². The van der Waals surface area contributed by atoms with Crippen molar-refractivity contribution in [1.29, 1.82) is 0 Å². The second-order valence-corrected chi connectivity index (χ2v) is 8.26. The molecule has 5 nitrogen and oxygen atoms in total. The first-order chi connectivity index (χ1) is 14.3. The van der Waals surface area contributed by atoms with E-state index in [1.54, 1.807) is 18.2 Å². The number of amides is 2. The molecule has 30 heavy (non-hydrogen) atoms. The average Bonchev–Trinajstić information content (AvgIpc) is 2.73. The molecular formula is C24H30FN3O2. The third kappa shape index (κ3) is 5.38. The third-order valence-corrected chi connectivity index (χ3v) is 5.48. The van der Waals surface area contributed by atoms with Gasteiger partial charge in [0.2, 0.25) is 5.91 Å². The number of nitrogens with one attached hydrogen (secondary N) is 1. The number of nitrogens with zero attached hydrogens (tertiary/aromatic N) is 2. The van der Waals surface area contributed by atoms with Crippen molar-refractivity contribution in [2.75, 3.05) is 31.1 Å². The molecule has 1 N–H and O–H groups in total. The van der Waals surface area contributed by atoms with Gasteiger partial charge in [-0.05, 0) is 55.2 Å². The van der Waals surface area contributed by atoms with Crippen LogP contribution in [0.2, 0.25) is 0 Å². The Kier molecular flexibility index (Phi) is 7.08. The quantitative estimate of drug-likeness (QED) is 0.790. The number of piperazine rings is 1. The number of hydrogen-bond donors (Lipinski definition) is 1. The average molecular weight is 412 g/mol. The summed E-state index contributed by atoms with van der Waals surface area (Å²) >= 11 is 0. The molecule has 1 aliphatic heterocycles. The van der Waals surface area contributed by atoms with E-state index in [-0.39, 0.29) is 23.5 Å². The fourth-order valence-corrected chi connectivity index (χ4v) is 3.81. The van der Waals surface area contributed by atoms with E-state index in [4.69, 9.17) is 0 Å². The molecule has 0 aromatic heterocycles. The molecule has 1 atom stereocenters. The second-order valence-electron chi connectivity index (χ2n) is 8.26. The maximum Gasteiger partial charge on any atom is 0.252 e. The van der Waals surface area contributed by atoms with Gasteiger partial charge in [-0.25, -0.2) is 4.39 Å². The zero-order valence-corrected chi connectivity index (χ0v) is 17.9. The summed E-state index contributed by atoms with van der Waals surface area (Å²) in [7, 11) is 0. The first-order valence-electron chi connectivity index (χ1n) is 10.5. The molecule has 0 unspecified atom stereocenters. The predicted octanol–water partition coefficient (Wildman–Crippen LogP) is 3.63. The molecule has 1 aliphatic rings. The summed E-state index contributed by atoms with van der Waals surface area (Å²) in [4.78, 5) is 30.0. The van der Waals surface area contributed by atoms with Gasteiger partial charge in [-0.2, -0.15) is 0 Å². The highest BCUT2D eigenvalue weighted by Gasteiger charge is 2.29. The first kappa shape index (κ1) is 21.8. The topological polar surface area (TPSA) is 52.7 Å². The van der Waals surface area contributed by atoms with Crippen molar-refractivity contribution in [1.82, 2.24) is 10.2 Å². The number of carbonyl (C=O) groups is 2. The lowest BCUT2D eigenvalue weighted by Crippen LogP contribution is -2.55. The van der Waals surface area contributed by atoms with Gasteiger partial charge in [0.05, 0.1) is 0 Å². The van der Waals surface area contributed by atoms with Gasteiger partial charge in [0, 0.05) is 37.4 Å². The maximum absolute atomic E-state index is 13.2. The van der Waals surface area contributed by atoms with E-state index in [0.717, 1.165) is 11.3 Å². The molecule has 1 fully saturated rings. The predicted molar refractivity (Wildman–Crippen MR) is 117 cm³/mol. The van der Waals surface area contributed by atoms with Crippen molar-refractivity contribution in [3.63, 3.8) is 0 Å². The van der Waals surface area contributed by atoms with Crippen LogP contribution in [0.3, 0.4) is 0 Å². The summed E-state index contributed by atoms with van der Waals surface area (Å²) in [6, 6.07) is 13.3. The van der Waals surface area contributed by atoms with Gasteiger partial charge in [0.25, 0.3) is 5.91 Å². The van der Waals surface area contributed by atoms with E-state index in [9.17, 15) is 14.0 Å². The monoisotopic (exact) mass is 411 g/mol. The summed E-state index contributed by atoms with van der Waals surface area (Å²) in [6.07, 6.45) is 0.592. The normalized spacial score (nSPS) is 15.2. The highest BCUT2D eigenvalue weighted by molar-refractivity contribution is 5.98. The number of halogens is 1. The minimum atomic E-state index is -0.547. The van der Waals surface area contributed by atoms with Gasteiger partial charge in [-0.3, -0.25) is 9.59 Å². The van der Waals surface area contributed by atoms with Crippen LogP contribution in [0.25, 0.3) is 0 Å². The van der Waals surface area contributed by atoms with Crippen molar-refractivity contribution < 1.29 is 14.0 Å². The van der Waals surface area contributed by atoms with E-state index < -0.39 is 6.04 Å².